The molecule has 2 rings (SSSR count). The number of carbonyl (C=O) groups excluding carboxylic acids is 1. The van der Waals surface area contributed by atoms with E-state index < -0.39 is 15.9 Å². The zero-order valence-corrected chi connectivity index (χ0v) is 16.3. The maximum absolute atomic E-state index is 12.6. The van der Waals surface area contributed by atoms with Crippen LogP contribution in [0.15, 0.2) is 47.4 Å². The molecule has 2 aromatic rings. The number of nitrogens with zero attached hydrogens (tertiary/aromatic N) is 1. The van der Waals surface area contributed by atoms with Crippen molar-refractivity contribution in [2.24, 2.45) is 0 Å². The van der Waals surface area contributed by atoms with E-state index in [0.29, 0.717) is 10.7 Å². The zero-order valence-electron chi connectivity index (χ0n) is 14.0. The Balaban J connectivity index is 2.40. The summed E-state index contributed by atoms with van der Waals surface area (Å²) in [6, 6.07) is 10.6. The Morgan fingerprint density at radius 2 is 1.72 bits per heavy atom. The maximum atomic E-state index is 12.6. The van der Waals surface area contributed by atoms with Crippen molar-refractivity contribution in [2.45, 2.75) is 24.8 Å². The molecular weight excluding hydrogens is 383 g/mol. The van der Waals surface area contributed by atoms with Gasteiger partial charge in [-0.1, -0.05) is 35.3 Å². The highest BCUT2D eigenvalue weighted by Crippen LogP contribution is 2.26. The van der Waals surface area contributed by atoms with E-state index >= 15 is 0 Å². The normalized spacial score (nSPS) is 11.8. The Morgan fingerprint density at radius 3 is 2.32 bits per heavy atom. The van der Waals surface area contributed by atoms with Crippen LogP contribution in [0, 0.1) is 0 Å². The van der Waals surface area contributed by atoms with Crippen LogP contribution in [-0.2, 0) is 10.0 Å². The molecule has 0 heterocycles. The first-order valence-electron chi connectivity index (χ1n) is 7.48. The number of para-hydroxylation sites is 1. The van der Waals surface area contributed by atoms with Gasteiger partial charge >= 0.3 is 0 Å². The summed E-state index contributed by atoms with van der Waals surface area (Å²) in [6.45, 7) is 3.52. The van der Waals surface area contributed by atoms with E-state index in [2.05, 4.69) is 5.32 Å². The third-order valence-corrected chi connectivity index (χ3v) is 6.40. The molecule has 0 fully saturated rings. The Bertz CT molecular complexity index is 899. The minimum atomic E-state index is -3.72. The van der Waals surface area contributed by atoms with Crippen molar-refractivity contribution >= 4 is 44.8 Å². The van der Waals surface area contributed by atoms with Gasteiger partial charge in [0.25, 0.3) is 5.91 Å². The Morgan fingerprint density at radius 1 is 1.08 bits per heavy atom. The molecule has 0 saturated carbocycles. The molecule has 0 aromatic heterocycles. The summed E-state index contributed by atoms with van der Waals surface area (Å²) < 4.78 is 26.4. The van der Waals surface area contributed by atoms with Gasteiger partial charge in [-0.3, -0.25) is 4.79 Å². The summed E-state index contributed by atoms with van der Waals surface area (Å²) >= 11 is 12.1. The van der Waals surface area contributed by atoms with Gasteiger partial charge in [-0.2, -0.15) is 4.31 Å². The van der Waals surface area contributed by atoms with Crippen molar-refractivity contribution in [3.05, 3.63) is 58.1 Å². The Kier molecular flexibility index (Phi) is 6.11. The molecule has 25 heavy (non-hydrogen) atoms. The van der Waals surface area contributed by atoms with Crippen molar-refractivity contribution in [2.75, 3.05) is 12.4 Å². The predicted molar refractivity (Wildman–Crippen MR) is 101 cm³/mol. The Labute approximate surface area is 157 Å². The van der Waals surface area contributed by atoms with Crippen molar-refractivity contribution in [3.63, 3.8) is 0 Å². The molecular formula is C17H18Cl2N2O3S. The zero-order chi connectivity index (χ0) is 18.8. The third kappa shape index (κ3) is 4.33. The van der Waals surface area contributed by atoms with E-state index in [1.807, 2.05) is 0 Å². The average molecular weight is 401 g/mol. The van der Waals surface area contributed by atoms with E-state index in [1.54, 1.807) is 38.1 Å². The monoisotopic (exact) mass is 400 g/mol. The minimum absolute atomic E-state index is 0.00240. The van der Waals surface area contributed by atoms with Crippen molar-refractivity contribution in [1.82, 2.24) is 4.31 Å². The first-order chi connectivity index (χ1) is 11.6. The quantitative estimate of drug-likeness (QED) is 0.814. The third-order valence-electron chi connectivity index (χ3n) is 3.71. The number of sulfonamides is 1. The number of amides is 1. The maximum Gasteiger partial charge on any atom is 0.257 e. The van der Waals surface area contributed by atoms with Crippen LogP contribution < -0.4 is 5.32 Å². The lowest BCUT2D eigenvalue weighted by atomic mass is 10.2. The van der Waals surface area contributed by atoms with Crippen molar-refractivity contribution < 1.29 is 13.2 Å². The van der Waals surface area contributed by atoms with E-state index in [9.17, 15) is 13.2 Å². The summed E-state index contributed by atoms with van der Waals surface area (Å²) in [4.78, 5) is 12.5. The molecule has 0 bridgehead atoms. The molecule has 2 aromatic carbocycles. The van der Waals surface area contributed by atoms with E-state index in [-0.39, 0.29) is 21.5 Å². The summed E-state index contributed by atoms with van der Waals surface area (Å²) in [5, 5.41) is 3.15. The molecule has 5 nitrogen and oxygen atoms in total. The van der Waals surface area contributed by atoms with Gasteiger partial charge in [0, 0.05) is 13.1 Å². The van der Waals surface area contributed by atoms with Crippen LogP contribution in [0.3, 0.4) is 0 Å². The van der Waals surface area contributed by atoms with Gasteiger partial charge in [-0.25, -0.2) is 8.42 Å². The van der Waals surface area contributed by atoms with Gasteiger partial charge in [0.2, 0.25) is 10.0 Å². The molecule has 0 unspecified atom stereocenters. The lowest BCUT2D eigenvalue weighted by Crippen LogP contribution is -2.33. The lowest BCUT2D eigenvalue weighted by Gasteiger charge is -2.21. The highest BCUT2D eigenvalue weighted by atomic mass is 35.5. The van der Waals surface area contributed by atoms with Crippen LogP contribution in [0.2, 0.25) is 10.0 Å². The molecule has 1 N–H and O–H groups in total. The summed E-state index contributed by atoms with van der Waals surface area (Å²) in [6.07, 6.45) is 0. The molecule has 0 radical (unpaired) electrons. The van der Waals surface area contributed by atoms with Gasteiger partial charge in [0.15, 0.2) is 0 Å². The molecule has 0 saturated heterocycles. The second-order valence-corrected chi connectivity index (χ2v) is 8.50. The van der Waals surface area contributed by atoms with Crippen LogP contribution in [0.4, 0.5) is 5.69 Å². The SMILES string of the molecule is CC(C)N(C)S(=O)(=O)c1ccc(Cl)c(C(=O)Nc2ccccc2Cl)c1. The highest BCUT2D eigenvalue weighted by Gasteiger charge is 2.25. The number of rotatable bonds is 5. The molecule has 8 heteroatoms. The van der Waals surface area contributed by atoms with Gasteiger partial charge in [0.1, 0.15) is 0 Å². The molecule has 0 spiro atoms. The van der Waals surface area contributed by atoms with E-state index in [0.717, 1.165) is 0 Å². The second-order valence-electron chi connectivity index (χ2n) is 5.69. The molecule has 1 amide bonds. The number of hydrogen-bond acceptors (Lipinski definition) is 3. The molecule has 0 atom stereocenters. The van der Waals surface area contributed by atoms with Crippen molar-refractivity contribution in [1.29, 1.82) is 0 Å². The van der Waals surface area contributed by atoms with Gasteiger partial charge in [-0.15, -0.1) is 0 Å². The van der Waals surface area contributed by atoms with Crippen LogP contribution in [-0.4, -0.2) is 31.7 Å². The van der Waals surface area contributed by atoms with Crippen LogP contribution in [0.25, 0.3) is 0 Å². The fraction of sp³-hybridized carbons (Fsp3) is 0.235. The summed E-state index contributed by atoms with van der Waals surface area (Å²) in [5.74, 6) is -0.539. The number of hydrogen-bond donors (Lipinski definition) is 1. The number of anilines is 1. The van der Waals surface area contributed by atoms with Crippen LogP contribution >= 0.6 is 23.2 Å². The predicted octanol–water partition coefficient (Wildman–Crippen LogP) is 4.27. The average Bonchev–Trinajstić information content (AvgIpc) is 2.56. The smallest absolute Gasteiger partial charge is 0.257 e. The fourth-order valence-electron chi connectivity index (χ4n) is 2.03. The van der Waals surface area contributed by atoms with Crippen LogP contribution in [0.1, 0.15) is 24.2 Å². The Hall–Kier alpha value is -1.60. The molecule has 0 aliphatic carbocycles. The first-order valence-corrected chi connectivity index (χ1v) is 9.67. The topological polar surface area (TPSA) is 66.5 Å². The number of nitrogens with one attached hydrogen (secondary N) is 1. The molecule has 0 aliphatic rings. The van der Waals surface area contributed by atoms with E-state index in [1.165, 1.54) is 29.6 Å². The van der Waals surface area contributed by atoms with Gasteiger partial charge < -0.3 is 5.32 Å². The summed E-state index contributed by atoms with van der Waals surface area (Å²) in [7, 11) is -2.24. The first kappa shape index (κ1) is 19.7. The number of carbonyl (C=O) groups is 1. The molecule has 0 aliphatic heterocycles. The lowest BCUT2D eigenvalue weighted by molar-refractivity contribution is 0.102. The standard InChI is InChI=1S/C17H18Cl2N2O3S/c1-11(2)21(3)25(23,24)12-8-9-14(18)13(10-12)17(22)20-16-7-5-4-6-15(16)19/h4-11H,1-3H3,(H,20,22). The molecule has 134 valence electrons. The van der Waals surface area contributed by atoms with Gasteiger partial charge in [0.05, 0.1) is 26.2 Å². The highest BCUT2D eigenvalue weighted by molar-refractivity contribution is 7.89. The number of benzene rings is 2. The fourth-order valence-corrected chi connectivity index (χ4v) is 3.82. The van der Waals surface area contributed by atoms with E-state index in [4.69, 9.17) is 23.2 Å². The van der Waals surface area contributed by atoms with Gasteiger partial charge in [-0.05, 0) is 44.2 Å². The van der Waals surface area contributed by atoms with Crippen molar-refractivity contribution in [3.8, 4) is 0 Å². The largest absolute Gasteiger partial charge is 0.321 e. The summed E-state index contributed by atoms with van der Waals surface area (Å²) in [5.41, 5.74) is 0.470. The van der Waals surface area contributed by atoms with Crippen LogP contribution in [0.5, 0.6) is 0 Å². The second kappa shape index (κ2) is 7.74. The number of halogens is 2. The minimum Gasteiger partial charge on any atom is -0.321 e.